The molecule has 2 aromatic carbocycles. The molecule has 23 heavy (non-hydrogen) atoms. The quantitative estimate of drug-likeness (QED) is 0.704. The number of carbonyl (C=O) groups is 1. The van der Waals surface area contributed by atoms with Crippen molar-refractivity contribution in [3.8, 4) is 0 Å². The van der Waals surface area contributed by atoms with Crippen LogP contribution in [-0.2, 0) is 11.2 Å². The number of rotatable bonds is 5. The summed E-state index contributed by atoms with van der Waals surface area (Å²) in [6, 6.07) is 16.8. The highest BCUT2D eigenvalue weighted by Gasteiger charge is 2.09. The Morgan fingerprint density at radius 2 is 1.83 bits per heavy atom. The normalized spacial score (nSPS) is 10.3. The van der Waals surface area contributed by atoms with E-state index in [1.54, 1.807) is 0 Å². The largest absolute Gasteiger partial charge is 0.330 e. The van der Waals surface area contributed by atoms with E-state index < -0.39 is 0 Å². The number of hydrogen-bond donors (Lipinski definition) is 2. The van der Waals surface area contributed by atoms with Crippen molar-refractivity contribution in [3.05, 3.63) is 70.7 Å². The molecule has 0 bridgehead atoms. The zero-order valence-corrected chi connectivity index (χ0v) is 13.7. The molecule has 0 spiro atoms. The Morgan fingerprint density at radius 3 is 2.61 bits per heavy atom. The number of halogens is 1. The van der Waals surface area contributed by atoms with Gasteiger partial charge in [0.05, 0.1) is 22.8 Å². The third-order valence-corrected chi connectivity index (χ3v) is 4.20. The van der Waals surface area contributed by atoms with E-state index in [0.29, 0.717) is 10.2 Å². The lowest BCUT2D eigenvalue weighted by Crippen LogP contribution is -2.14. The summed E-state index contributed by atoms with van der Waals surface area (Å²) in [5, 5.41) is 9.21. The number of nitrogens with zero attached hydrogens (tertiary/aromatic N) is 1. The summed E-state index contributed by atoms with van der Waals surface area (Å²) in [4.78, 5) is 16.4. The molecule has 1 heterocycles. The average Bonchev–Trinajstić information content (AvgIpc) is 2.97. The Balaban J connectivity index is 1.61. The first-order chi connectivity index (χ1) is 11.2. The second-order valence-electron chi connectivity index (χ2n) is 4.84. The summed E-state index contributed by atoms with van der Waals surface area (Å²) in [6.07, 6.45) is 0.232. The molecule has 2 N–H and O–H groups in total. The number of carbonyl (C=O) groups excluding carboxylic acids is 1. The molecule has 0 aliphatic heterocycles. The van der Waals surface area contributed by atoms with Crippen LogP contribution < -0.4 is 10.6 Å². The first-order valence-electron chi connectivity index (χ1n) is 7.01. The third-order valence-electron chi connectivity index (χ3n) is 3.07. The van der Waals surface area contributed by atoms with Gasteiger partial charge < -0.3 is 10.6 Å². The molecular weight excluding hydrogens is 330 g/mol. The summed E-state index contributed by atoms with van der Waals surface area (Å²) < 4.78 is 0. The smallest absolute Gasteiger partial charge is 0.230 e. The molecule has 0 saturated carbocycles. The van der Waals surface area contributed by atoms with E-state index in [2.05, 4.69) is 15.6 Å². The Kier molecular flexibility index (Phi) is 4.90. The maximum atomic E-state index is 12.0. The van der Waals surface area contributed by atoms with E-state index in [9.17, 15) is 4.79 Å². The second-order valence-corrected chi connectivity index (χ2v) is 6.11. The fourth-order valence-electron chi connectivity index (χ4n) is 2.01. The van der Waals surface area contributed by atoms with E-state index in [4.69, 9.17) is 11.6 Å². The van der Waals surface area contributed by atoms with Gasteiger partial charge in [0.15, 0.2) is 5.13 Å². The highest BCUT2D eigenvalue weighted by molar-refractivity contribution is 7.13. The molecule has 0 saturated heterocycles. The summed E-state index contributed by atoms with van der Waals surface area (Å²) in [5.74, 6) is -0.0919. The van der Waals surface area contributed by atoms with Gasteiger partial charge in [0.25, 0.3) is 0 Å². The fraction of sp³-hybridized carbons (Fsp3) is 0.0588. The van der Waals surface area contributed by atoms with Crippen molar-refractivity contribution < 1.29 is 4.79 Å². The van der Waals surface area contributed by atoms with Gasteiger partial charge in [-0.2, -0.15) is 0 Å². The van der Waals surface area contributed by atoms with Crippen LogP contribution in [0, 0.1) is 0 Å². The molecule has 116 valence electrons. The topological polar surface area (TPSA) is 54.0 Å². The predicted molar refractivity (Wildman–Crippen MR) is 95.6 cm³/mol. The third kappa shape index (κ3) is 4.31. The number of amides is 1. The van der Waals surface area contributed by atoms with Crippen molar-refractivity contribution >= 4 is 45.4 Å². The number of benzene rings is 2. The Bertz CT molecular complexity index is 804. The molecule has 0 aliphatic rings. The number of thiazole rings is 1. The maximum Gasteiger partial charge on any atom is 0.230 e. The molecule has 1 aromatic heterocycles. The fourth-order valence-corrected chi connectivity index (χ4v) is 2.92. The van der Waals surface area contributed by atoms with E-state index in [-0.39, 0.29) is 12.3 Å². The van der Waals surface area contributed by atoms with Gasteiger partial charge in [-0.3, -0.25) is 4.79 Å². The minimum absolute atomic E-state index is 0.0919. The summed E-state index contributed by atoms with van der Waals surface area (Å²) in [5.41, 5.74) is 2.30. The summed E-state index contributed by atoms with van der Waals surface area (Å²) in [7, 11) is 0. The van der Waals surface area contributed by atoms with Crippen LogP contribution in [-0.4, -0.2) is 10.9 Å². The van der Waals surface area contributed by atoms with E-state index >= 15 is 0 Å². The molecular formula is C17H14ClN3OS. The van der Waals surface area contributed by atoms with Crippen LogP contribution in [0.25, 0.3) is 0 Å². The van der Waals surface area contributed by atoms with Crippen molar-refractivity contribution in [2.75, 3.05) is 10.6 Å². The van der Waals surface area contributed by atoms with Gasteiger partial charge in [0.1, 0.15) is 0 Å². The van der Waals surface area contributed by atoms with Gasteiger partial charge in [-0.15, -0.1) is 11.3 Å². The number of anilines is 3. The predicted octanol–water partition coefficient (Wildman–Crippen LogP) is 4.72. The summed E-state index contributed by atoms with van der Waals surface area (Å²) in [6.45, 7) is 0. The SMILES string of the molecule is O=C(Cc1csc(Nc2ccccc2Cl)n1)Nc1ccccc1. The Morgan fingerprint density at radius 1 is 1.09 bits per heavy atom. The molecule has 1 amide bonds. The zero-order valence-electron chi connectivity index (χ0n) is 12.1. The van der Waals surface area contributed by atoms with Crippen LogP contribution >= 0.6 is 22.9 Å². The molecule has 0 radical (unpaired) electrons. The van der Waals surface area contributed by atoms with Gasteiger partial charge in [-0.1, -0.05) is 41.9 Å². The summed E-state index contributed by atoms with van der Waals surface area (Å²) >= 11 is 7.55. The van der Waals surface area contributed by atoms with E-state index in [0.717, 1.165) is 17.1 Å². The van der Waals surface area contributed by atoms with Crippen molar-refractivity contribution in [1.29, 1.82) is 0 Å². The van der Waals surface area contributed by atoms with Gasteiger partial charge in [0.2, 0.25) is 5.91 Å². The number of hydrogen-bond acceptors (Lipinski definition) is 4. The lowest BCUT2D eigenvalue weighted by atomic mass is 10.3. The Hall–Kier alpha value is -2.37. The van der Waals surface area contributed by atoms with Crippen molar-refractivity contribution in [3.63, 3.8) is 0 Å². The monoisotopic (exact) mass is 343 g/mol. The lowest BCUT2D eigenvalue weighted by molar-refractivity contribution is -0.115. The molecule has 0 aliphatic carbocycles. The zero-order chi connectivity index (χ0) is 16.1. The van der Waals surface area contributed by atoms with Crippen LogP contribution in [0.3, 0.4) is 0 Å². The molecule has 3 rings (SSSR count). The van der Waals surface area contributed by atoms with Crippen molar-refractivity contribution in [2.45, 2.75) is 6.42 Å². The molecule has 0 fully saturated rings. The average molecular weight is 344 g/mol. The molecule has 6 heteroatoms. The van der Waals surface area contributed by atoms with Crippen LogP contribution in [0.4, 0.5) is 16.5 Å². The molecule has 0 unspecified atom stereocenters. The van der Waals surface area contributed by atoms with Crippen molar-refractivity contribution in [2.24, 2.45) is 0 Å². The van der Waals surface area contributed by atoms with Gasteiger partial charge in [-0.25, -0.2) is 4.98 Å². The van der Waals surface area contributed by atoms with Gasteiger partial charge >= 0.3 is 0 Å². The van der Waals surface area contributed by atoms with E-state index in [1.165, 1.54) is 11.3 Å². The number of para-hydroxylation sites is 2. The standard InChI is InChI=1S/C17H14ClN3OS/c18-14-8-4-5-9-15(14)21-17-20-13(11-23-17)10-16(22)19-12-6-2-1-3-7-12/h1-9,11H,10H2,(H,19,22)(H,20,21). The highest BCUT2D eigenvalue weighted by Crippen LogP contribution is 2.26. The van der Waals surface area contributed by atoms with Crippen LogP contribution in [0.15, 0.2) is 60.0 Å². The first-order valence-corrected chi connectivity index (χ1v) is 8.27. The molecule has 0 atom stereocenters. The van der Waals surface area contributed by atoms with E-state index in [1.807, 2.05) is 60.0 Å². The Labute approximate surface area is 143 Å². The number of nitrogens with one attached hydrogen (secondary N) is 2. The molecule has 3 aromatic rings. The van der Waals surface area contributed by atoms with Gasteiger partial charge in [-0.05, 0) is 24.3 Å². The highest BCUT2D eigenvalue weighted by atomic mass is 35.5. The van der Waals surface area contributed by atoms with Crippen LogP contribution in [0.2, 0.25) is 5.02 Å². The first kappa shape index (κ1) is 15.5. The van der Waals surface area contributed by atoms with Crippen LogP contribution in [0.5, 0.6) is 0 Å². The minimum Gasteiger partial charge on any atom is -0.330 e. The van der Waals surface area contributed by atoms with Gasteiger partial charge in [0, 0.05) is 11.1 Å². The number of aromatic nitrogens is 1. The minimum atomic E-state index is -0.0919. The maximum absolute atomic E-state index is 12.0. The second kappa shape index (κ2) is 7.26. The van der Waals surface area contributed by atoms with Crippen molar-refractivity contribution in [1.82, 2.24) is 4.98 Å². The molecule has 4 nitrogen and oxygen atoms in total. The lowest BCUT2D eigenvalue weighted by Gasteiger charge is -2.04. The van der Waals surface area contributed by atoms with Crippen LogP contribution in [0.1, 0.15) is 5.69 Å².